The van der Waals surface area contributed by atoms with Gasteiger partial charge in [0, 0.05) is 17.8 Å². The Hall–Kier alpha value is -3.56. The van der Waals surface area contributed by atoms with Crippen LogP contribution >= 0.6 is 0 Å². The topological polar surface area (TPSA) is 104 Å². The maximum atomic E-state index is 13.9. The molecule has 1 aliphatic rings. The highest BCUT2D eigenvalue weighted by Crippen LogP contribution is 2.27. The first-order valence-electron chi connectivity index (χ1n) is 10.3. The van der Waals surface area contributed by atoms with Gasteiger partial charge in [0.1, 0.15) is 11.9 Å². The van der Waals surface area contributed by atoms with Crippen LogP contribution in [0.5, 0.6) is 0 Å². The van der Waals surface area contributed by atoms with E-state index in [1.54, 1.807) is 43.3 Å². The molecule has 0 radical (unpaired) electrons. The van der Waals surface area contributed by atoms with Crippen LogP contribution in [0.2, 0.25) is 0 Å². The summed E-state index contributed by atoms with van der Waals surface area (Å²) in [7, 11) is -4.10. The number of fused-ring (bicyclic) bond motifs is 1. The summed E-state index contributed by atoms with van der Waals surface area (Å²) in [5, 5.41) is 5.29. The van der Waals surface area contributed by atoms with Crippen molar-refractivity contribution in [3.8, 4) is 0 Å². The van der Waals surface area contributed by atoms with Crippen molar-refractivity contribution in [2.75, 3.05) is 10.6 Å². The third kappa shape index (κ3) is 5.10. The van der Waals surface area contributed by atoms with Gasteiger partial charge in [-0.25, -0.2) is 12.8 Å². The smallest absolute Gasteiger partial charge is 0.247 e. The number of nitrogens with one attached hydrogen (secondary N) is 3. The van der Waals surface area contributed by atoms with Gasteiger partial charge >= 0.3 is 0 Å². The maximum Gasteiger partial charge on any atom is 0.247 e. The van der Waals surface area contributed by atoms with E-state index in [0.29, 0.717) is 28.8 Å². The first kappa shape index (κ1) is 22.6. The van der Waals surface area contributed by atoms with E-state index in [1.165, 1.54) is 30.3 Å². The number of carbonyl (C=O) groups is 2. The molecule has 170 valence electrons. The van der Waals surface area contributed by atoms with Crippen molar-refractivity contribution >= 4 is 33.2 Å². The molecule has 0 saturated heterocycles. The van der Waals surface area contributed by atoms with Gasteiger partial charge < -0.3 is 10.6 Å². The van der Waals surface area contributed by atoms with Crippen molar-refractivity contribution in [3.63, 3.8) is 0 Å². The second-order valence-electron chi connectivity index (χ2n) is 7.79. The molecule has 0 aromatic heterocycles. The van der Waals surface area contributed by atoms with E-state index < -0.39 is 27.8 Å². The molecule has 0 bridgehead atoms. The van der Waals surface area contributed by atoms with Crippen LogP contribution in [-0.4, -0.2) is 20.2 Å². The molecule has 1 aliphatic heterocycles. The number of benzene rings is 3. The lowest BCUT2D eigenvalue weighted by molar-refractivity contribution is -0.118. The molecule has 1 atom stereocenters. The van der Waals surface area contributed by atoms with Gasteiger partial charge in [-0.2, -0.15) is 4.72 Å². The number of carbonyl (C=O) groups excluding carboxylic acids is 2. The lowest BCUT2D eigenvalue weighted by atomic mass is 10.0. The van der Waals surface area contributed by atoms with Gasteiger partial charge in [0.05, 0.1) is 4.90 Å². The average molecular weight is 468 g/mol. The van der Waals surface area contributed by atoms with Gasteiger partial charge in [0.15, 0.2) is 0 Å². The lowest BCUT2D eigenvalue weighted by Gasteiger charge is -2.21. The number of sulfonamides is 1. The molecule has 33 heavy (non-hydrogen) atoms. The molecular formula is C24H22FN3O4S. The Kier molecular flexibility index (Phi) is 6.26. The van der Waals surface area contributed by atoms with Crippen molar-refractivity contribution < 1.29 is 22.4 Å². The summed E-state index contributed by atoms with van der Waals surface area (Å²) >= 11 is 0. The van der Waals surface area contributed by atoms with Crippen LogP contribution in [0, 0.1) is 12.7 Å². The largest absolute Gasteiger partial charge is 0.326 e. The number of halogens is 1. The fourth-order valence-electron chi connectivity index (χ4n) is 3.55. The van der Waals surface area contributed by atoms with E-state index in [0.717, 1.165) is 0 Å². The monoisotopic (exact) mass is 467 g/mol. The van der Waals surface area contributed by atoms with Crippen LogP contribution in [0.3, 0.4) is 0 Å². The number of hydrogen-bond acceptors (Lipinski definition) is 4. The molecule has 0 spiro atoms. The number of rotatable bonds is 6. The van der Waals surface area contributed by atoms with Crippen molar-refractivity contribution in [2.45, 2.75) is 30.7 Å². The molecular weight excluding hydrogens is 445 g/mol. The number of aryl methyl sites for hydroxylation is 2. The highest BCUT2D eigenvalue weighted by atomic mass is 32.2. The predicted octanol–water partition coefficient (Wildman–Crippen LogP) is 3.68. The Morgan fingerprint density at radius 2 is 1.79 bits per heavy atom. The molecule has 1 heterocycles. The minimum Gasteiger partial charge on any atom is -0.326 e. The Balaban J connectivity index is 1.63. The fraction of sp³-hybridized carbons (Fsp3) is 0.167. The van der Waals surface area contributed by atoms with E-state index in [2.05, 4.69) is 15.4 Å². The van der Waals surface area contributed by atoms with Crippen molar-refractivity contribution in [1.82, 2.24) is 4.72 Å². The Morgan fingerprint density at radius 3 is 2.52 bits per heavy atom. The van der Waals surface area contributed by atoms with Crippen LogP contribution in [0.15, 0.2) is 71.6 Å². The van der Waals surface area contributed by atoms with Gasteiger partial charge in [-0.1, -0.05) is 36.4 Å². The van der Waals surface area contributed by atoms with Crippen molar-refractivity contribution in [1.29, 1.82) is 0 Å². The number of amides is 2. The maximum absolute atomic E-state index is 13.9. The van der Waals surface area contributed by atoms with Gasteiger partial charge in [0.2, 0.25) is 21.8 Å². The molecule has 3 N–H and O–H groups in total. The SMILES string of the molecule is Cc1ccc(NC(=O)C(NS(=O)(=O)c2ccc3c(c2)CCC(=O)N3)c2ccccc2)cc1F. The third-order valence-corrected chi connectivity index (χ3v) is 6.81. The van der Waals surface area contributed by atoms with E-state index in [9.17, 15) is 22.4 Å². The zero-order valence-electron chi connectivity index (χ0n) is 17.8. The molecule has 2 amide bonds. The fourth-order valence-corrected chi connectivity index (χ4v) is 4.79. The molecule has 0 aliphatic carbocycles. The molecule has 0 fully saturated rings. The first-order valence-corrected chi connectivity index (χ1v) is 11.8. The molecule has 7 nitrogen and oxygen atoms in total. The summed E-state index contributed by atoms with van der Waals surface area (Å²) < 4.78 is 42.8. The van der Waals surface area contributed by atoms with Crippen LogP contribution in [0.1, 0.15) is 29.2 Å². The molecule has 4 rings (SSSR count). The van der Waals surface area contributed by atoms with Gasteiger partial charge in [-0.15, -0.1) is 0 Å². The van der Waals surface area contributed by atoms with Crippen LogP contribution in [-0.2, 0) is 26.0 Å². The Bertz CT molecular complexity index is 1330. The summed E-state index contributed by atoms with van der Waals surface area (Å²) in [5.74, 6) is -1.26. The zero-order chi connectivity index (χ0) is 23.6. The van der Waals surface area contributed by atoms with Crippen LogP contribution < -0.4 is 15.4 Å². The summed E-state index contributed by atoms with van der Waals surface area (Å²) in [6.45, 7) is 1.60. The van der Waals surface area contributed by atoms with E-state index in [-0.39, 0.29) is 22.9 Å². The second kappa shape index (κ2) is 9.13. The minimum absolute atomic E-state index is 0.0208. The first-order chi connectivity index (χ1) is 15.7. The number of hydrogen-bond donors (Lipinski definition) is 3. The lowest BCUT2D eigenvalue weighted by Crippen LogP contribution is -2.37. The summed E-state index contributed by atoms with van der Waals surface area (Å²) in [4.78, 5) is 24.6. The standard InChI is InChI=1S/C24H22FN3O4S/c1-15-7-9-18(14-20(15)25)26-24(30)23(16-5-3-2-4-6-16)28-33(31,32)19-10-11-21-17(13-19)8-12-22(29)27-21/h2-7,9-11,13-14,23,28H,8,12H2,1H3,(H,26,30)(H,27,29). The Morgan fingerprint density at radius 1 is 1.03 bits per heavy atom. The van der Waals surface area contributed by atoms with Gasteiger partial charge in [-0.3, -0.25) is 9.59 Å². The van der Waals surface area contributed by atoms with Crippen molar-refractivity contribution in [2.24, 2.45) is 0 Å². The average Bonchev–Trinajstić information content (AvgIpc) is 2.80. The van der Waals surface area contributed by atoms with Gasteiger partial charge in [-0.05, 0) is 60.4 Å². The van der Waals surface area contributed by atoms with E-state index in [1.807, 2.05) is 0 Å². The molecule has 1 unspecified atom stereocenters. The third-order valence-electron chi connectivity index (χ3n) is 5.39. The highest BCUT2D eigenvalue weighted by Gasteiger charge is 2.28. The number of anilines is 2. The summed E-state index contributed by atoms with van der Waals surface area (Å²) in [6.07, 6.45) is 0.693. The van der Waals surface area contributed by atoms with Crippen LogP contribution in [0.4, 0.5) is 15.8 Å². The quantitative estimate of drug-likeness (QED) is 0.514. The molecule has 0 saturated carbocycles. The molecule has 9 heteroatoms. The predicted molar refractivity (Wildman–Crippen MR) is 123 cm³/mol. The van der Waals surface area contributed by atoms with Crippen LogP contribution in [0.25, 0.3) is 0 Å². The molecule has 3 aromatic rings. The van der Waals surface area contributed by atoms with Gasteiger partial charge in [0.25, 0.3) is 0 Å². The van der Waals surface area contributed by atoms with Crippen molar-refractivity contribution in [3.05, 3.63) is 89.2 Å². The normalized spacial score (nSPS) is 14.2. The second-order valence-corrected chi connectivity index (χ2v) is 9.50. The summed E-state index contributed by atoms with van der Waals surface area (Å²) in [5.41, 5.74) is 2.35. The summed E-state index contributed by atoms with van der Waals surface area (Å²) in [6, 6.07) is 15.8. The Labute approximate surface area is 191 Å². The minimum atomic E-state index is -4.10. The molecule has 3 aromatic carbocycles. The highest BCUT2D eigenvalue weighted by molar-refractivity contribution is 7.89. The van der Waals surface area contributed by atoms with E-state index >= 15 is 0 Å². The zero-order valence-corrected chi connectivity index (χ0v) is 18.6. The van der Waals surface area contributed by atoms with E-state index in [4.69, 9.17) is 0 Å².